The van der Waals surface area contributed by atoms with Gasteiger partial charge in [-0.1, -0.05) is 36.3 Å². The van der Waals surface area contributed by atoms with Crippen molar-refractivity contribution in [3.05, 3.63) is 65.4 Å². The van der Waals surface area contributed by atoms with Crippen LogP contribution in [0.25, 0.3) is 0 Å². The second-order valence-corrected chi connectivity index (χ2v) is 7.32. The van der Waals surface area contributed by atoms with Crippen LogP contribution in [0.1, 0.15) is 38.8 Å². The number of rotatable bonds is 8. The molecule has 2 N–H and O–H groups in total. The van der Waals surface area contributed by atoms with Crippen LogP contribution in [-0.2, 0) is 4.79 Å². The van der Waals surface area contributed by atoms with Gasteiger partial charge in [0.05, 0.1) is 18.8 Å². The van der Waals surface area contributed by atoms with Gasteiger partial charge in [-0.15, -0.1) is 0 Å². The number of carbonyl (C=O) groups is 1. The number of carbonyl (C=O) groups excluding carboxylic acids is 1. The van der Waals surface area contributed by atoms with E-state index in [0.717, 1.165) is 12.0 Å². The third kappa shape index (κ3) is 4.27. The second kappa shape index (κ2) is 9.51. The zero-order valence-corrected chi connectivity index (χ0v) is 18.3. The average Bonchev–Trinajstić information content (AvgIpc) is 3.26. The number of nitrogens with one attached hydrogen (secondary N) is 2. The lowest BCUT2D eigenvalue weighted by Crippen LogP contribution is -2.31. The fraction of sp³-hybridized carbons (Fsp3) is 0.304. The predicted molar refractivity (Wildman–Crippen MR) is 121 cm³/mol. The number of tetrazole rings is 1. The first-order valence-electron chi connectivity index (χ1n) is 10.6. The quantitative estimate of drug-likeness (QED) is 0.556. The maximum atomic E-state index is 13.4. The van der Waals surface area contributed by atoms with Crippen LogP contribution < -0.4 is 20.1 Å². The lowest BCUT2D eigenvalue weighted by molar-refractivity contribution is -0.113. The molecule has 1 aromatic heterocycles. The van der Waals surface area contributed by atoms with E-state index in [0.29, 0.717) is 47.6 Å². The number of hydrogen-bond donors (Lipinski definition) is 2. The third-order valence-corrected chi connectivity index (χ3v) is 5.04. The molecule has 1 aliphatic heterocycles. The van der Waals surface area contributed by atoms with Crippen molar-refractivity contribution in [3.63, 3.8) is 0 Å². The molecule has 0 aliphatic carbocycles. The van der Waals surface area contributed by atoms with E-state index in [4.69, 9.17) is 9.47 Å². The first kappa shape index (κ1) is 21.4. The van der Waals surface area contributed by atoms with Crippen LogP contribution in [0.5, 0.6) is 11.5 Å². The summed E-state index contributed by atoms with van der Waals surface area (Å²) in [5.41, 5.74) is 2.70. The van der Waals surface area contributed by atoms with Crippen molar-refractivity contribution in [2.75, 3.05) is 23.8 Å². The normalized spacial score (nSPS) is 15.0. The molecule has 3 aromatic rings. The number of hydrogen-bond acceptors (Lipinski definition) is 7. The molecule has 2 heterocycles. The maximum absolute atomic E-state index is 13.4. The number of ether oxygens (including phenoxy) is 2. The molecule has 0 fully saturated rings. The molecule has 0 radical (unpaired) electrons. The SMILES string of the molecule is CCCOc1ccc(C2C(C(=O)Nc3ccccc3)=C(C)Nc3nnnn32)cc1OCC. The molecule has 0 saturated heterocycles. The summed E-state index contributed by atoms with van der Waals surface area (Å²) in [4.78, 5) is 13.4. The number of para-hydroxylation sites is 1. The Morgan fingerprint density at radius 1 is 1.12 bits per heavy atom. The molecule has 166 valence electrons. The van der Waals surface area contributed by atoms with Gasteiger partial charge >= 0.3 is 0 Å². The molecule has 32 heavy (non-hydrogen) atoms. The van der Waals surface area contributed by atoms with Crippen LogP contribution in [-0.4, -0.2) is 39.3 Å². The minimum absolute atomic E-state index is 0.239. The van der Waals surface area contributed by atoms with Crippen LogP contribution in [0, 0.1) is 0 Å². The van der Waals surface area contributed by atoms with Gasteiger partial charge in [-0.05, 0) is 60.5 Å². The van der Waals surface area contributed by atoms with Crippen molar-refractivity contribution in [3.8, 4) is 11.5 Å². The number of anilines is 2. The highest BCUT2D eigenvalue weighted by Crippen LogP contribution is 2.38. The summed E-state index contributed by atoms with van der Waals surface area (Å²) in [5, 5.41) is 18.1. The fourth-order valence-electron chi connectivity index (χ4n) is 3.63. The van der Waals surface area contributed by atoms with E-state index in [1.807, 2.05) is 69.3 Å². The third-order valence-electron chi connectivity index (χ3n) is 5.04. The molecule has 2 aromatic carbocycles. The Labute approximate surface area is 186 Å². The van der Waals surface area contributed by atoms with Gasteiger partial charge in [0.15, 0.2) is 11.5 Å². The molecule has 0 spiro atoms. The summed E-state index contributed by atoms with van der Waals surface area (Å²) in [7, 11) is 0. The highest BCUT2D eigenvalue weighted by Gasteiger charge is 2.34. The van der Waals surface area contributed by atoms with Gasteiger partial charge in [-0.25, -0.2) is 0 Å². The summed E-state index contributed by atoms with van der Waals surface area (Å²) >= 11 is 0. The van der Waals surface area contributed by atoms with E-state index in [1.165, 1.54) is 0 Å². The van der Waals surface area contributed by atoms with Gasteiger partial charge in [-0.2, -0.15) is 4.68 Å². The lowest BCUT2D eigenvalue weighted by Gasteiger charge is -2.28. The van der Waals surface area contributed by atoms with Crippen molar-refractivity contribution in [2.24, 2.45) is 0 Å². The monoisotopic (exact) mass is 434 g/mol. The predicted octanol–water partition coefficient (Wildman–Crippen LogP) is 3.79. The molecule has 1 amide bonds. The van der Waals surface area contributed by atoms with Crippen LogP contribution in [0.3, 0.4) is 0 Å². The maximum Gasteiger partial charge on any atom is 0.255 e. The number of fused-ring (bicyclic) bond motifs is 1. The highest BCUT2D eigenvalue weighted by molar-refractivity contribution is 6.06. The Bertz CT molecular complexity index is 1130. The van der Waals surface area contributed by atoms with E-state index >= 15 is 0 Å². The first-order chi connectivity index (χ1) is 15.6. The summed E-state index contributed by atoms with van der Waals surface area (Å²) in [6.45, 7) is 6.89. The molecule has 1 unspecified atom stereocenters. The summed E-state index contributed by atoms with van der Waals surface area (Å²) in [5.74, 6) is 1.51. The number of nitrogens with zero attached hydrogens (tertiary/aromatic N) is 4. The van der Waals surface area contributed by atoms with E-state index in [-0.39, 0.29) is 5.91 Å². The molecule has 1 atom stereocenters. The van der Waals surface area contributed by atoms with Crippen molar-refractivity contribution in [1.29, 1.82) is 0 Å². The zero-order chi connectivity index (χ0) is 22.5. The van der Waals surface area contributed by atoms with E-state index < -0.39 is 6.04 Å². The van der Waals surface area contributed by atoms with Gasteiger partial charge < -0.3 is 20.1 Å². The van der Waals surface area contributed by atoms with E-state index in [9.17, 15) is 4.79 Å². The minimum Gasteiger partial charge on any atom is -0.490 e. The van der Waals surface area contributed by atoms with Crippen LogP contribution in [0.4, 0.5) is 11.6 Å². The van der Waals surface area contributed by atoms with Crippen LogP contribution in [0.15, 0.2) is 59.8 Å². The van der Waals surface area contributed by atoms with Crippen LogP contribution >= 0.6 is 0 Å². The molecular formula is C23H26N6O3. The van der Waals surface area contributed by atoms with Crippen molar-refractivity contribution in [1.82, 2.24) is 20.2 Å². The molecule has 9 nitrogen and oxygen atoms in total. The van der Waals surface area contributed by atoms with E-state index in [2.05, 4.69) is 26.2 Å². The Morgan fingerprint density at radius 2 is 1.94 bits per heavy atom. The lowest BCUT2D eigenvalue weighted by atomic mass is 9.94. The van der Waals surface area contributed by atoms with Gasteiger partial charge in [-0.3, -0.25) is 4.79 Å². The van der Waals surface area contributed by atoms with Crippen molar-refractivity contribution in [2.45, 2.75) is 33.2 Å². The van der Waals surface area contributed by atoms with Gasteiger partial charge in [0, 0.05) is 11.4 Å². The number of benzene rings is 2. The Balaban J connectivity index is 1.75. The molecule has 1 aliphatic rings. The Hall–Kier alpha value is -3.88. The number of amides is 1. The first-order valence-corrected chi connectivity index (χ1v) is 10.6. The molecule has 0 saturated carbocycles. The molecule has 4 rings (SSSR count). The van der Waals surface area contributed by atoms with Crippen molar-refractivity contribution < 1.29 is 14.3 Å². The molecule has 0 bridgehead atoms. The smallest absolute Gasteiger partial charge is 0.255 e. The summed E-state index contributed by atoms with van der Waals surface area (Å²) in [6, 6.07) is 14.5. The zero-order valence-electron chi connectivity index (χ0n) is 18.3. The van der Waals surface area contributed by atoms with Gasteiger partial charge in [0.1, 0.15) is 6.04 Å². The fourth-order valence-corrected chi connectivity index (χ4v) is 3.63. The Kier molecular flexibility index (Phi) is 6.34. The van der Waals surface area contributed by atoms with E-state index in [1.54, 1.807) is 4.68 Å². The van der Waals surface area contributed by atoms with Gasteiger partial charge in [0.2, 0.25) is 5.95 Å². The van der Waals surface area contributed by atoms with Crippen LogP contribution in [0.2, 0.25) is 0 Å². The second-order valence-electron chi connectivity index (χ2n) is 7.32. The molecular weight excluding hydrogens is 408 g/mol. The number of aromatic nitrogens is 4. The average molecular weight is 435 g/mol. The van der Waals surface area contributed by atoms with Gasteiger partial charge in [0.25, 0.3) is 5.91 Å². The summed E-state index contributed by atoms with van der Waals surface area (Å²) in [6.07, 6.45) is 0.890. The minimum atomic E-state index is -0.538. The molecule has 9 heteroatoms. The van der Waals surface area contributed by atoms with Crippen molar-refractivity contribution >= 4 is 17.5 Å². The standard InChI is InChI=1S/C23H26N6O3/c1-4-13-32-18-12-11-16(14-19(18)31-5-2)21-20(15(3)24-23-26-27-28-29(21)23)22(30)25-17-9-7-6-8-10-17/h6-12,14,21H,4-5,13H2,1-3H3,(H,25,30)(H,24,26,28). The topological polar surface area (TPSA) is 103 Å². The Morgan fingerprint density at radius 3 is 2.69 bits per heavy atom. The summed E-state index contributed by atoms with van der Waals surface area (Å²) < 4.78 is 13.3. The number of allylic oxidation sites excluding steroid dienone is 1. The highest BCUT2D eigenvalue weighted by atomic mass is 16.5. The largest absolute Gasteiger partial charge is 0.490 e.